The quantitative estimate of drug-likeness (QED) is 0.816. The van der Waals surface area contributed by atoms with E-state index in [4.69, 9.17) is 9.47 Å². The molecule has 4 heteroatoms. The third-order valence-corrected chi connectivity index (χ3v) is 4.32. The summed E-state index contributed by atoms with van der Waals surface area (Å²) in [5.74, 6) is 1.25. The molecule has 0 bridgehead atoms. The first-order valence-electron chi connectivity index (χ1n) is 8.18. The fraction of sp³-hybridized carbons (Fsp3) is 0.350. The summed E-state index contributed by atoms with van der Waals surface area (Å²) in [4.78, 5) is 13.0. The third kappa shape index (κ3) is 4.07. The Kier molecular flexibility index (Phi) is 6.24. The van der Waals surface area contributed by atoms with Crippen molar-refractivity contribution >= 4 is 11.6 Å². The number of carbonyl (C=O) groups is 1. The van der Waals surface area contributed by atoms with E-state index in [9.17, 15) is 4.79 Å². The molecule has 0 saturated heterocycles. The molecule has 2 atom stereocenters. The molecule has 0 aliphatic heterocycles. The molecular formula is C20H25NO3. The summed E-state index contributed by atoms with van der Waals surface area (Å²) in [6, 6.07) is 15.2. The van der Waals surface area contributed by atoms with Crippen LogP contribution in [-0.2, 0) is 4.79 Å². The Bertz CT molecular complexity index is 670. The lowest BCUT2D eigenvalue weighted by molar-refractivity contribution is -0.118. The van der Waals surface area contributed by atoms with Crippen molar-refractivity contribution in [1.82, 2.24) is 0 Å². The summed E-state index contributed by atoms with van der Waals surface area (Å²) in [6.45, 7) is 4.19. The Morgan fingerprint density at radius 2 is 1.79 bits per heavy atom. The van der Waals surface area contributed by atoms with Crippen LogP contribution in [0.15, 0.2) is 48.5 Å². The van der Waals surface area contributed by atoms with Crippen molar-refractivity contribution in [3.05, 3.63) is 54.1 Å². The Hall–Kier alpha value is -2.49. The van der Waals surface area contributed by atoms with Gasteiger partial charge >= 0.3 is 0 Å². The van der Waals surface area contributed by atoms with Gasteiger partial charge in [-0.1, -0.05) is 50.6 Å². The highest BCUT2D eigenvalue weighted by Crippen LogP contribution is 2.32. The van der Waals surface area contributed by atoms with E-state index in [1.54, 1.807) is 32.4 Å². The molecule has 0 aliphatic carbocycles. The zero-order chi connectivity index (χ0) is 17.5. The van der Waals surface area contributed by atoms with Gasteiger partial charge in [-0.15, -0.1) is 0 Å². The number of hydrogen-bond donors (Lipinski definition) is 1. The molecule has 0 spiro atoms. The van der Waals surface area contributed by atoms with Gasteiger partial charge in [-0.05, 0) is 23.6 Å². The molecule has 1 N–H and O–H groups in total. The number of anilines is 1. The topological polar surface area (TPSA) is 47.6 Å². The highest BCUT2D eigenvalue weighted by atomic mass is 16.5. The molecule has 0 aliphatic rings. The summed E-state index contributed by atoms with van der Waals surface area (Å²) in [5.41, 5.74) is 1.64. The number of carbonyl (C=O) groups excluding carboxylic acids is 1. The maximum Gasteiger partial charge on any atom is 0.232 e. The molecule has 4 nitrogen and oxygen atoms in total. The summed E-state index contributed by atoms with van der Waals surface area (Å²) >= 11 is 0. The van der Waals surface area contributed by atoms with Crippen molar-refractivity contribution < 1.29 is 14.3 Å². The Morgan fingerprint density at radius 3 is 2.38 bits per heavy atom. The van der Waals surface area contributed by atoms with Crippen LogP contribution in [0.25, 0.3) is 0 Å². The van der Waals surface area contributed by atoms with Gasteiger partial charge in [0.05, 0.1) is 25.8 Å². The van der Waals surface area contributed by atoms with E-state index < -0.39 is 0 Å². The van der Waals surface area contributed by atoms with Gasteiger partial charge in [-0.2, -0.15) is 0 Å². The van der Waals surface area contributed by atoms with E-state index in [0.29, 0.717) is 17.2 Å². The third-order valence-electron chi connectivity index (χ3n) is 4.32. The lowest BCUT2D eigenvalue weighted by atomic mass is 9.85. The predicted molar refractivity (Wildman–Crippen MR) is 96.8 cm³/mol. The number of methoxy groups -OCH3 is 2. The first kappa shape index (κ1) is 17.9. The first-order valence-corrected chi connectivity index (χ1v) is 8.18. The second-order valence-corrected chi connectivity index (χ2v) is 5.83. The van der Waals surface area contributed by atoms with Gasteiger partial charge in [0.1, 0.15) is 11.5 Å². The zero-order valence-corrected chi connectivity index (χ0v) is 14.7. The molecule has 0 aromatic heterocycles. The molecule has 2 unspecified atom stereocenters. The van der Waals surface area contributed by atoms with E-state index in [1.165, 1.54) is 0 Å². The molecule has 1 amide bonds. The fourth-order valence-electron chi connectivity index (χ4n) is 2.76. The largest absolute Gasteiger partial charge is 0.497 e. The normalized spacial score (nSPS) is 13.0. The molecule has 0 fully saturated rings. The van der Waals surface area contributed by atoms with Crippen LogP contribution in [0.1, 0.15) is 31.7 Å². The zero-order valence-electron chi connectivity index (χ0n) is 14.7. The van der Waals surface area contributed by atoms with E-state index in [1.807, 2.05) is 30.3 Å². The summed E-state index contributed by atoms with van der Waals surface area (Å²) in [7, 11) is 3.18. The molecule has 24 heavy (non-hydrogen) atoms. The summed E-state index contributed by atoms with van der Waals surface area (Å²) < 4.78 is 10.6. The van der Waals surface area contributed by atoms with Crippen molar-refractivity contribution in [3.8, 4) is 11.5 Å². The van der Waals surface area contributed by atoms with Crippen LogP contribution >= 0.6 is 0 Å². The van der Waals surface area contributed by atoms with Crippen molar-refractivity contribution in [3.63, 3.8) is 0 Å². The van der Waals surface area contributed by atoms with Crippen LogP contribution in [0.2, 0.25) is 0 Å². The molecule has 2 aromatic carbocycles. The molecule has 2 rings (SSSR count). The van der Waals surface area contributed by atoms with Crippen LogP contribution in [0.5, 0.6) is 11.5 Å². The van der Waals surface area contributed by atoms with Gasteiger partial charge in [0.2, 0.25) is 5.91 Å². The van der Waals surface area contributed by atoms with E-state index in [0.717, 1.165) is 12.0 Å². The number of hydrogen-bond acceptors (Lipinski definition) is 3. The van der Waals surface area contributed by atoms with Gasteiger partial charge < -0.3 is 14.8 Å². The van der Waals surface area contributed by atoms with Crippen LogP contribution in [0, 0.1) is 5.92 Å². The van der Waals surface area contributed by atoms with E-state index in [-0.39, 0.29) is 17.7 Å². The van der Waals surface area contributed by atoms with Crippen molar-refractivity contribution in [2.75, 3.05) is 19.5 Å². The maximum absolute atomic E-state index is 13.0. The monoisotopic (exact) mass is 327 g/mol. The van der Waals surface area contributed by atoms with Gasteiger partial charge in [-0.3, -0.25) is 4.79 Å². The molecule has 2 aromatic rings. The average Bonchev–Trinajstić information content (AvgIpc) is 2.62. The highest BCUT2D eigenvalue weighted by molar-refractivity contribution is 5.97. The summed E-state index contributed by atoms with van der Waals surface area (Å²) in [6.07, 6.45) is 0.919. The second-order valence-electron chi connectivity index (χ2n) is 5.83. The molecule has 0 radical (unpaired) electrons. The number of nitrogens with one attached hydrogen (secondary N) is 1. The number of ether oxygens (including phenoxy) is 2. The SMILES string of the molecule is CCC(C)C(C(=O)Nc1cc(OC)ccc1OC)c1ccccc1. The fourth-order valence-corrected chi connectivity index (χ4v) is 2.76. The number of benzene rings is 2. The molecule has 0 saturated carbocycles. The van der Waals surface area contributed by atoms with Crippen molar-refractivity contribution in [1.29, 1.82) is 0 Å². The van der Waals surface area contributed by atoms with Gasteiger partial charge in [0, 0.05) is 6.07 Å². The van der Waals surface area contributed by atoms with Crippen LogP contribution in [0.3, 0.4) is 0 Å². The minimum absolute atomic E-state index is 0.0397. The highest BCUT2D eigenvalue weighted by Gasteiger charge is 2.26. The molecule has 0 heterocycles. The maximum atomic E-state index is 13.0. The molecule has 128 valence electrons. The summed E-state index contributed by atoms with van der Waals surface area (Å²) in [5, 5.41) is 3.01. The minimum atomic E-state index is -0.216. The first-order chi connectivity index (χ1) is 11.6. The smallest absolute Gasteiger partial charge is 0.232 e. The van der Waals surface area contributed by atoms with Gasteiger partial charge in [0.15, 0.2) is 0 Å². The number of rotatable bonds is 7. The predicted octanol–water partition coefficient (Wildman–Crippen LogP) is 4.47. The lowest BCUT2D eigenvalue weighted by Crippen LogP contribution is -2.26. The van der Waals surface area contributed by atoms with Crippen LogP contribution in [-0.4, -0.2) is 20.1 Å². The van der Waals surface area contributed by atoms with Gasteiger partial charge in [-0.25, -0.2) is 0 Å². The standard InChI is InChI=1S/C20H25NO3/c1-5-14(2)19(15-9-7-6-8-10-15)20(22)21-17-13-16(23-3)11-12-18(17)24-4/h6-14,19H,5H2,1-4H3,(H,21,22). The molecular weight excluding hydrogens is 302 g/mol. The van der Waals surface area contributed by atoms with Crippen LogP contribution in [0.4, 0.5) is 5.69 Å². The Labute approximate surface area is 143 Å². The number of amides is 1. The second kappa shape index (κ2) is 8.39. The van der Waals surface area contributed by atoms with E-state index >= 15 is 0 Å². The Morgan fingerprint density at radius 1 is 1.08 bits per heavy atom. The van der Waals surface area contributed by atoms with Crippen LogP contribution < -0.4 is 14.8 Å². The van der Waals surface area contributed by atoms with Crippen molar-refractivity contribution in [2.45, 2.75) is 26.2 Å². The minimum Gasteiger partial charge on any atom is -0.497 e. The van der Waals surface area contributed by atoms with E-state index in [2.05, 4.69) is 19.2 Å². The van der Waals surface area contributed by atoms with Crippen molar-refractivity contribution in [2.24, 2.45) is 5.92 Å². The average molecular weight is 327 g/mol. The van der Waals surface area contributed by atoms with Gasteiger partial charge in [0.25, 0.3) is 0 Å². The lowest BCUT2D eigenvalue weighted by Gasteiger charge is -2.23. The Balaban J connectivity index is 2.31.